The highest BCUT2D eigenvalue weighted by Crippen LogP contribution is 2.46. The van der Waals surface area contributed by atoms with Gasteiger partial charge in [-0.25, -0.2) is 0 Å². The number of benzene rings is 1. The molecule has 2 atom stereocenters. The molecule has 1 aliphatic heterocycles. The molecule has 0 unspecified atom stereocenters. The van der Waals surface area contributed by atoms with Crippen molar-refractivity contribution in [3.8, 4) is 0 Å². The molecule has 1 heterocycles. The molecule has 0 N–H and O–H groups in total. The predicted molar refractivity (Wildman–Crippen MR) is 92.3 cm³/mol. The first-order chi connectivity index (χ1) is 11.2. The molecule has 126 valence electrons. The number of hydrogen-bond acceptors (Lipinski definition) is 2. The Labute approximate surface area is 140 Å². The topological polar surface area (TPSA) is 29.5 Å². The number of methoxy groups -OCH3 is 1. The van der Waals surface area contributed by atoms with Crippen molar-refractivity contribution >= 4 is 5.91 Å². The summed E-state index contributed by atoms with van der Waals surface area (Å²) >= 11 is 0. The summed E-state index contributed by atoms with van der Waals surface area (Å²) in [6.07, 6.45) is 8.93. The minimum absolute atomic E-state index is 0.238. The number of aryl methyl sites for hydroxylation is 1. The van der Waals surface area contributed by atoms with Crippen LogP contribution in [-0.4, -0.2) is 37.1 Å². The zero-order chi connectivity index (χ0) is 16.1. The highest BCUT2D eigenvalue weighted by Gasteiger charge is 2.46. The lowest BCUT2D eigenvalue weighted by Gasteiger charge is -2.43. The molecule has 1 saturated heterocycles. The molecule has 0 aromatic heterocycles. The minimum atomic E-state index is 0.238. The number of carbonyl (C=O) groups excluding carboxylic acids is 1. The van der Waals surface area contributed by atoms with Crippen LogP contribution in [0.15, 0.2) is 30.3 Å². The molecule has 0 bridgehead atoms. The summed E-state index contributed by atoms with van der Waals surface area (Å²) in [6.45, 7) is 1.85. The summed E-state index contributed by atoms with van der Waals surface area (Å²) in [4.78, 5) is 14.7. The Balaban J connectivity index is 1.51. The van der Waals surface area contributed by atoms with E-state index in [2.05, 4.69) is 29.2 Å². The van der Waals surface area contributed by atoms with Crippen molar-refractivity contribution in [2.75, 3.05) is 20.2 Å². The van der Waals surface area contributed by atoms with E-state index in [1.807, 2.05) is 13.2 Å². The van der Waals surface area contributed by atoms with Crippen LogP contribution in [0.3, 0.4) is 0 Å². The van der Waals surface area contributed by atoms with Crippen LogP contribution in [0.4, 0.5) is 0 Å². The number of likely N-dealkylation sites (tertiary alicyclic amines) is 1. The first-order valence-electron chi connectivity index (χ1n) is 9.08. The highest BCUT2D eigenvalue weighted by molar-refractivity contribution is 5.76. The first-order valence-corrected chi connectivity index (χ1v) is 9.08. The number of carbonyl (C=O) groups is 1. The molecule has 0 radical (unpaired) electrons. The van der Waals surface area contributed by atoms with E-state index < -0.39 is 0 Å². The van der Waals surface area contributed by atoms with Crippen molar-refractivity contribution in [1.82, 2.24) is 4.90 Å². The van der Waals surface area contributed by atoms with Gasteiger partial charge in [0.2, 0.25) is 5.91 Å². The van der Waals surface area contributed by atoms with Crippen molar-refractivity contribution < 1.29 is 9.53 Å². The van der Waals surface area contributed by atoms with Crippen LogP contribution >= 0.6 is 0 Å². The summed E-state index contributed by atoms with van der Waals surface area (Å²) in [5.74, 6) is 0.335. The number of rotatable bonds is 5. The van der Waals surface area contributed by atoms with Gasteiger partial charge in [0.25, 0.3) is 0 Å². The maximum Gasteiger partial charge on any atom is 0.222 e. The van der Waals surface area contributed by atoms with E-state index in [4.69, 9.17) is 4.74 Å². The second-order valence-electron chi connectivity index (χ2n) is 7.24. The summed E-state index contributed by atoms with van der Waals surface area (Å²) in [7, 11) is 1.83. The van der Waals surface area contributed by atoms with E-state index in [1.165, 1.54) is 24.8 Å². The molecule has 3 heteroatoms. The molecule has 2 fully saturated rings. The monoisotopic (exact) mass is 315 g/mol. The van der Waals surface area contributed by atoms with E-state index in [9.17, 15) is 4.79 Å². The van der Waals surface area contributed by atoms with Gasteiger partial charge in [0.05, 0.1) is 6.10 Å². The van der Waals surface area contributed by atoms with Crippen molar-refractivity contribution in [3.05, 3.63) is 35.9 Å². The molecule has 1 amide bonds. The van der Waals surface area contributed by atoms with Gasteiger partial charge in [0.1, 0.15) is 0 Å². The summed E-state index contributed by atoms with van der Waals surface area (Å²) in [5, 5.41) is 0. The number of ether oxygens (including phenoxy) is 1. The van der Waals surface area contributed by atoms with Gasteiger partial charge in [-0.3, -0.25) is 4.79 Å². The van der Waals surface area contributed by atoms with Crippen molar-refractivity contribution in [2.24, 2.45) is 5.41 Å². The van der Waals surface area contributed by atoms with Gasteiger partial charge in [-0.2, -0.15) is 0 Å². The van der Waals surface area contributed by atoms with Gasteiger partial charge in [-0.05, 0) is 44.1 Å². The lowest BCUT2D eigenvalue weighted by molar-refractivity contribution is -0.137. The van der Waals surface area contributed by atoms with Crippen LogP contribution in [0, 0.1) is 5.41 Å². The average molecular weight is 315 g/mol. The smallest absolute Gasteiger partial charge is 0.222 e. The SMILES string of the molecule is CO[C@@H]1CCC[C@]12CCCN(C(=O)CCCc1ccccc1)C2. The fraction of sp³-hybridized carbons (Fsp3) is 0.650. The Bertz CT molecular complexity index is 516. The normalized spacial score (nSPS) is 27.5. The lowest BCUT2D eigenvalue weighted by Crippen LogP contribution is -2.49. The second-order valence-corrected chi connectivity index (χ2v) is 7.24. The van der Waals surface area contributed by atoms with Crippen molar-refractivity contribution in [2.45, 2.75) is 57.5 Å². The van der Waals surface area contributed by atoms with Gasteiger partial charge < -0.3 is 9.64 Å². The maximum absolute atomic E-state index is 12.6. The van der Waals surface area contributed by atoms with Crippen LogP contribution in [-0.2, 0) is 16.0 Å². The molecular weight excluding hydrogens is 286 g/mol. The number of nitrogens with zero attached hydrogens (tertiary/aromatic N) is 1. The Kier molecular flexibility index (Phi) is 5.37. The third-order valence-corrected chi connectivity index (χ3v) is 5.77. The van der Waals surface area contributed by atoms with Crippen molar-refractivity contribution in [1.29, 1.82) is 0 Å². The average Bonchev–Trinajstić information content (AvgIpc) is 2.97. The minimum Gasteiger partial charge on any atom is -0.381 e. The van der Waals surface area contributed by atoms with Gasteiger partial charge in [0, 0.05) is 32.0 Å². The number of hydrogen-bond donors (Lipinski definition) is 0. The second kappa shape index (κ2) is 7.48. The molecule has 1 spiro atoms. The molecular formula is C20H29NO2. The van der Waals surface area contributed by atoms with E-state index in [1.54, 1.807) is 0 Å². The Morgan fingerprint density at radius 1 is 1.26 bits per heavy atom. The summed E-state index contributed by atoms with van der Waals surface area (Å²) < 4.78 is 5.73. The zero-order valence-electron chi connectivity index (χ0n) is 14.3. The molecule has 2 aliphatic rings. The largest absolute Gasteiger partial charge is 0.381 e. The van der Waals surface area contributed by atoms with Crippen molar-refractivity contribution in [3.63, 3.8) is 0 Å². The van der Waals surface area contributed by atoms with E-state index in [0.717, 1.165) is 38.8 Å². The maximum atomic E-state index is 12.6. The van der Waals surface area contributed by atoms with Crippen LogP contribution in [0.1, 0.15) is 50.5 Å². The fourth-order valence-electron chi connectivity index (χ4n) is 4.56. The molecule has 3 nitrogen and oxygen atoms in total. The Morgan fingerprint density at radius 3 is 2.83 bits per heavy atom. The first kappa shape index (κ1) is 16.5. The van der Waals surface area contributed by atoms with Crippen LogP contribution in [0.25, 0.3) is 0 Å². The lowest BCUT2D eigenvalue weighted by atomic mass is 9.76. The molecule has 3 rings (SSSR count). The number of piperidine rings is 1. The van der Waals surface area contributed by atoms with Crippen LogP contribution in [0.5, 0.6) is 0 Å². The van der Waals surface area contributed by atoms with Gasteiger partial charge in [-0.1, -0.05) is 36.8 Å². The molecule has 1 aromatic rings. The van der Waals surface area contributed by atoms with Gasteiger partial charge in [0.15, 0.2) is 0 Å². The van der Waals surface area contributed by atoms with E-state index >= 15 is 0 Å². The van der Waals surface area contributed by atoms with E-state index in [0.29, 0.717) is 18.4 Å². The van der Waals surface area contributed by atoms with Crippen LogP contribution < -0.4 is 0 Å². The quantitative estimate of drug-likeness (QED) is 0.827. The number of amides is 1. The van der Waals surface area contributed by atoms with E-state index in [-0.39, 0.29) is 5.41 Å². The third kappa shape index (κ3) is 3.77. The summed E-state index contributed by atoms with van der Waals surface area (Å²) in [5.41, 5.74) is 1.56. The fourth-order valence-corrected chi connectivity index (χ4v) is 4.56. The summed E-state index contributed by atoms with van der Waals surface area (Å²) in [6, 6.07) is 10.5. The Hall–Kier alpha value is -1.35. The third-order valence-electron chi connectivity index (χ3n) is 5.77. The van der Waals surface area contributed by atoms with Crippen LogP contribution in [0.2, 0.25) is 0 Å². The zero-order valence-corrected chi connectivity index (χ0v) is 14.3. The molecule has 1 saturated carbocycles. The standard InChI is InChI=1S/C20H29NO2/c1-23-18-11-6-13-20(18)14-7-15-21(16-20)19(22)12-5-10-17-8-3-2-4-9-17/h2-4,8-9,18H,5-7,10-16H2,1H3/t18-,20-/m1/s1. The van der Waals surface area contributed by atoms with Gasteiger partial charge in [-0.15, -0.1) is 0 Å². The highest BCUT2D eigenvalue weighted by atomic mass is 16.5. The molecule has 23 heavy (non-hydrogen) atoms. The predicted octanol–water partition coefficient (Wildman–Crippen LogP) is 3.82. The molecule has 1 aliphatic carbocycles. The Morgan fingerprint density at radius 2 is 2.04 bits per heavy atom. The van der Waals surface area contributed by atoms with Gasteiger partial charge >= 0.3 is 0 Å². The molecule has 1 aromatic carbocycles.